The second-order valence-electron chi connectivity index (χ2n) is 6.44. The molecule has 2 unspecified atom stereocenters. The number of amides is 1. The molecule has 2 N–H and O–H groups in total. The molecule has 0 bridgehead atoms. The van der Waals surface area contributed by atoms with Gasteiger partial charge in [-0.15, -0.1) is 0 Å². The summed E-state index contributed by atoms with van der Waals surface area (Å²) in [5.41, 5.74) is -0.847. The van der Waals surface area contributed by atoms with E-state index in [1.165, 1.54) is 14.0 Å². The number of aliphatic carboxylic acids is 1. The normalized spacial score (nSPS) is 20.1. The Bertz CT molecular complexity index is 572. The molecule has 1 amide bonds. The Morgan fingerprint density at radius 1 is 1.25 bits per heavy atom. The number of carbonyl (C=O) groups excluding carboxylic acids is 1. The number of carboxylic acids is 1. The van der Waals surface area contributed by atoms with E-state index in [-0.39, 0.29) is 11.9 Å². The van der Waals surface area contributed by atoms with Gasteiger partial charge in [0, 0.05) is 7.11 Å². The van der Waals surface area contributed by atoms with Crippen molar-refractivity contribution < 1.29 is 19.4 Å². The average molecular weight is 334 g/mol. The number of ether oxygens (including phenoxy) is 1. The van der Waals surface area contributed by atoms with Crippen molar-refractivity contribution in [3.63, 3.8) is 0 Å². The molecule has 0 aliphatic carbocycles. The Hall–Kier alpha value is -1.92. The molecule has 2 rings (SSSR count). The molecule has 0 spiro atoms. The maximum atomic E-state index is 12.6. The summed E-state index contributed by atoms with van der Waals surface area (Å²) in [6, 6.07) is 8.72. The number of rotatable bonds is 7. The third kappa shape index (κ3) is 3.76. The zero-order chi connectivity index (χ0) is 17.7. The molecular formula is C18H26N2O4. The van der Waals surface area contributed by atoms with Crippen molar-refractivity contribution in [1.29, 1.82) is 0 Å². The van der Waals surface area contributed by atoms with Crippen LogP contribution in [0.5, 0.6) is 0 Å². The van der Waals surface area contributed by atoms with E-state index in [4.69, 9.17) is 4.74 Å². The van der Waals surface area contributed by atoms with Crippen LogP contribution in [-0.2, 0) is 14.3 Å². The van der Waals surface area contributed by atoms with Crippen molar-refractivity contribution in [2.24, 2.45) is 0 Å². The van der Waals surface area contributed by atoms with Gasteiger partial charge in [-0.25, -0.2) is 4.79 Å². The lowest BCUT2D eigenvalue weighted by Gasteiger charge is -2.36. The third-order valence-electron chi connectivity index (χ3n) is 4.76. The fourth-order valence-corrected chi connectivity index (χ4v) is 3.22. The molecule has 3 atom stereocenters. The first-order valence-electron chi connectivity index (χ1n) is 8.27. The second-order valence-corrected chi connectivity index (χ2v) is 6.44. The van der Waals surface area contributed by atoms with E-state index in [9.17, 15) is 14.7 Å². The molecule has 1 saturated heterocycles. The highest BCUT2D eigenvalue weighted by atomic mass is 16.5. The molecule has 1 fully saturated rings. The lowest BCUT2D eigenvalue weighted by Crippen LogP contribution is -2.60. The molecule has 1 aromatic carbocycles. The van der Waals surface area contributed by atoms with E-state index in [0.29, 0.717) is 5.56 Å². The predicted octanol–water partition coefficient (Wildman–Crippen LogP) is 1.82. The zero-order valence-electron chi connectivity index (χ0n) is 14.5. The highest BCUT2D eigenvalue weighted by Crippen LogP contribution is 2.30. The van der Waals surface area contributed by atoms with E-state index in [1.807, 2.05) is 25.1 Å². The van der Waals surface area contributed by atoms with E-state index in [1.54, 1.807) is 12.1 Å². The second kappa shape index (κ2) is 7.77. The number of carbonyl (C=O) groups is 2. The number of nitrogens with one attached hydrogen (secondary N) is 1. The molecule has 24 heavy (non-hydrogen) atoms. The molecule has 6 heteroatoms. The minimum absolute atomic E-state index is 0.292. The molecule has 0 saturated carbocycles. The smallest absolute Gasteiger partial charge is 0.332 e. The number of methoxy groups -OCH3 is 1. The fourth-order valence-electron chi connectivity index (χ4n) is 3.22. The maximum Gasteiger partial charge on any atom is 0.332 e. The van der Waals surface area contributed by atoms with Crippen LogP contribution in [0.1, 0.15) is 38.4 Å². The first-order valence-corrected chi connectivity index (χ1v) is 8.27. The molecular weight excluding hydrogens is 308 g/mol. The van der Waals surface area contributed by atoms with Gasteiger partial charge in [-0.05, 0) is 45.3 Å². The number of carboxylic acid groups (broad SMARTS) is 1. The molecule has 0 radical (unpaired) electrons. The monoisotopic (exact) mass is 334 g/mol. The van der Waals surface area contributed by atoms with Gasteiger partial charge in [0.15, 0.2) is 5.54 Å². The van der Waals surface area contributed by atoms with Crippen molar-refractivity contribution in [1.82, 2.24) is 10.2 Å². The minimum atomic E-state index is -1.55. The van der Waals surface area contributed by atoms with E-state index >= 15 is 0 Å². The van der Waals surface area contributed by atoms with Gasteiger partial charge >= 0.3 is 5.97 Å². The zero-order valence-corrected chi connectivity index (χ0v) is 14.5. The lowest BCUT2D eigenvalue weighted by atomic mass is 9.88. The van der Waals surface area contributed by atoms with Crippen LogP contribution in [0.25, 0.3) is 0 Å². The van der Waals surface area contributed by atoms with Crippen molar-refractivity contribution in [3.8, 4) is 0 Å². The van der Waals surface area contributed by atoms with Gasteiger partial charge in [0.05, 0.1) is 6.04 Å². The lowest BCUT2D eigenvalue weighted by molar-refractivity contribution is -0.154. The minimum Gasteiger partial charge on any atom is -0.479 e. The van der Waals surface area contributed by atoms with Crippen LogP contribution < -0.4 is 5.32 Å². The molecule has 0 aromatic heterocycles. The molecule has 1 aliphatic heterocycles. The number of likely N-dealkylation sites (tertiary alicyclic amines) is 1. The Balaban J connectivity index is 2.22. The topological polar surface area (TPSA) is 78.9 Å². The molecule has 6 nitrogen and oxygen atoms in total. The van der Waals surface area contributed by atoms with E-state index in [0.717, 1.165) is 25.9 Å². The quantitative estimate of drug-likeness (QED) is 0.795. The van der Waals surface area contributed by atoms with Gasteiger partial charge in [0.25, 0.3) is 0 Å². The van der Waals surface area contributed by atoms with E-state index < -0.39 is 17.6 Å². The summed E-state index contributed by atoms with van der Waals surface area (Å²) in [5, 5.41) is 12.5. The van der Waals surface area contributed by atoms with Crippen LogP contribution in [-0.4, -0.2) is 53.7 Å². The predicted molar refractivity (Wildman–Crippen MR) is 90.6 cm³/mol. The fraction of sp³-hybridized carbons (Fsp3) is 0.556. The van der Waals surface area contributed by atoms with Crippen molar-refractivity contribution in [2.75, 3.05) is 20.2 Å². The van der Waals surface area contributed by atoms with Crippen LogP contribution >= 0.6 is 0 Å². The summed E-state index contributed by atoms with van der Waals surface area (Å²) in [6.45, 7) is 5.04. The molecule has 1 heterocycles. The third-order valence-corrected chi connectivity index (χ3v) is 4.76. The summed E-state index contributed by atoms with van der Waals surface area (Å²) in [5.74, 6) is -1.42. The summed E-state index contributed by atoms with van der Waals surface area (Å²) in [4.78, 5) is 26.7. The first-order chi connectivity index (χ1) is 11.4. The SMILES string of the molecule is COC(c1ccccc1)[C@](C)(NC(=O)C(C)N1CCCC1)C(=O)O. The van der Waals surface area contributed by atoms with Gasteiger partial charge in [0.1, 0.15) is 6.10 Å². The van der Waals surface area contributed by atoms with Crippen molar-refractivity contribution in [2.45, 2.75) is 44.4 Å². The van der Waals surface area contributed by atoms with Crippen LogP contribution in [0, 0.1) is 0 Å². The number of benzene rings is 1. The largest absolute Gasteiger partial charge is 0.479 e. The Labute approximate surface area is 142 Å². The Morgan fingerprint density at radius 3 is 2.33 bits per heavy atom. The van der Waals surface area contributed by atoms with Crippen LogP contribution in [0.15, 0.2) is 30.3 Å². The number of hydrogen-bond acceptors (Lipinski definition) is 4. The van der Waals surface area contributed by atoms with Gasteiger partial charge in [-0.1, -0.05) is 30.3 Å². The summed E-state index contributed by atoms with van der Waals surface area (Å²) in [6.07, 6.45) is 1.35. The Kier molecular flexibility index (Phi) is 5.96. The number of nitrogens with zero attached hydrogens (tertiary/aromatic N) is 1. The van der Waals surface area contributed by atoms with Gasteiger partial charge in [0.2, 0.25) is 5.91 Å². The van der Waals surface area contributed by atoms with Gasteiger partial charge in [-0.3, -0.25) is 9.69 Å². The highest BCUT2D eigenvalue weighted by Gasteiger charge is 2.45. The summed E-state index contributed by atoms with van der Waals surface area (Å²) in [7, 11) is 1.45. The first kappa shape index (κ1) is 18.4. The van der Waals surface area contributed by atoms with E-state index in [2.05, 4.69) is 10.2 Å². The summed E-state index contributed by atoms with van der Waals surface area (Å²) < 4.78 is 5.46. The average Bonchev–Trinajstić information content (AvgIpc) is 3.10. The molecule has 132 valence electrons. The summed E-state index contributed by atoms with van der Waals surface area (Å²) >= 11 is 0. The van der Waals surface area contributed by atoms with Crippen LogP contribution in [0.4, 0.5) is 0 Å². The molecule has 1 aliphatic rings. The van der Waals surface area contributed by atoms with Crippen molar-refractivity contribution in [3.05, 3.63) is 35.9 Å². The van der Waals surface area contributed by atoms with Gasteiger partial charge in [-0.2, -0.15) is 0 Å². The van der Waals surface area contributed by atoms with Crippen LogP contribution in [0.3, 0.4) is 0 Å². The number of hydrogen-bond donors (Lipinski definition) is 2. The molecule has 1 aromatic rings. The van der Waals surface area contributed by atoms with Gasteiger partial charge < -0.3 is 15.2 Å². The standard InChI is InChI=1S/C18H26N2O4/c1-13(20-11-7-8-12-20)16(21)19-18(2,17(22)23)15(24-3)14-9-5-4-6-10-14/h4-6,9-10,13,15H,7-8,11-12H2,1-3H3,(H,19,21)(H,22,23)/t13?,15?,18-/m0/s1. The van der Waals surface area contributed by atoms with Crippen LogP contribution in [0.2, 0.25) is 0 Å². The van der Waals surface area contributed by atoms with Crippen molar-refractivity contribution >= 4 is 11.9 Å². The Morgan fingerprint density at radius 2 is 1.83 bits per heavy atom. The highest BCUT2D eigenvalue weighted by molar-refractivity contribution is 5.89. The maximum absolute atomic E-state index is 12.6.